The zero-order chi connectivity index (χ0) is 24.2. The summed E-state index contributed by atoms with van der Waals surface area (Å²) in [6.45, 7) is 5.72. The van der Waals surface area contributed by atoms with E-state index < -0.39 is 35.6 Å². The number of likely N-dealkylation sites (tertiary alicyclic amines) is 1. The van der Waals surface area contributed by atoms with Crippen molar-refractivity contribution in [2.24, 2.45) is 0 Å². The highest BCUT2D eigenvalue weighted by atomic mass is 19.4. The minimum absolute atomic E-state index is 0.289. The molecule has 1 fully saturated rings. The quantitative estimate of drug-likeness (QED) is 0.591. The van der Waals surface area contributed by atoms with Gasteiger partial charge in [-0.25, -0.2) is 4.79 Å². The topological polar surface area (TPSA) is 59.0 Å². The van der Waals surface area contributed by atoms with Gasteiger partial charge >= 0.3 is 12.3 Å². The van der Waals surface area contributed by atoms with E-state index in [9.17, 15) is 23.1 Å². The number of hydrogen-bond acceptors (Lipinski definition) is 4. The number of carbonyl (C=O) groups excluding carboxylic acids is 1. The van der Waals surface area contributed by atoms with Crippen molar-refractivity contribution in [2.75, 3.05) is 6.54 Å². The number of halogens is 3. The number of hydrogen-bond donors (Lipinski definition) is 1. The molecule has 0 bridgehead atoms. The summed E-state index contributed by atoms with van der Waals surface area (Å²) < 4.78 is 50.4. The molecule has 0 spiro atoms. The third-order valence-electron chi connectivity index (χ3n) is 5.43. The van der Waals surface area contributed by atoms with E-state index in [0.29, 0.717) is 25.8 Å². The predicted molar refractivity (Wildman–Crippen MR) is 118 cm³/mol. The molecule has 0 aliphatic carbocycles. The molecule has 180 valence electrons. The van der Waals surface area contributed by atoms with Crippen LogP contribution in [-0.2, 0) is 10.9 Å². The Bertz CT molecular complexity index is 910. The molecule has 5 nitrogen and oxygen atoms in total. The lowest BCUT2D eigenvalue weighted by Crippen LogP contribution is -2.50. The van der Waals surface area contributed by atoms with E-state index >= 15 is 0 Å². The maximum absolute atomic E-state index is 12.9. The van der Waals surface area contributed by atoms with Gasteiger partial charge in [-0.3, -0.25) is 0 Å². The highest BCUT2D eigenvalue weighted by molar-refractivity contribution is 5.68. The summed E-state index contributed by atoms with van der Waals surface area (Å²) in [5.41, 5.74) is -0.591. The monoisotopic (exact) mass is 465 g/mol. The number of ether oxygens (including phenoxy) is 2. The summed E-state index contributed by atoms with van der Waals surface area (Å²) in [4.78, 5) is 14.4. The Labute approximate surface area is 192 Å². The van der Waals surface area contributed by atoms with Crippen LogP contribution in [0.4, 0.5) is 18.0 Å². The fourth-order valence-corrected chi connectivity index (χ4v) is 3.87. The largest absolute Gasteiger partial charge is 0.486 e. The Hall–Kier alpha value is -2.74. The van der Waals surface area contributed by atoms with Crippen molar-refractivity contribution >= 4 is 6.09 Å². The van der Waals surface area contributed by atoms with Crippen molar-refractivity contribution in [3.63, 3.8) is 0 Å². The van der Waals surface area contributed by atoms with Crippen LogP contribution in [0, 0.1) is 0 Å². The summed E-state index contributed by atoms with van der Waals surface area (Å²) in [7, 11) is 0. The SMILES string of the molecule is CC(C)(C)OC(=O)N1CC[C@H](O)C[C@@H]1C[C@H](Oc1ccc(C(F)(F)F)cc1)c1ccccc1. The molecule has 1 saturated heterocycles. The average molecular weight is 466 g/mol. The second-order valence-corrected chi connectivity index (χ2v) is 9.28. The van der Waals surface area contributed by atoms with E-state index in [-0.39, 0.29) is 11.8 Å². The van der Waals surface area contributed by atoms with Gasteiger partial charge in [-0.1, -0.05) is 30.3 Å². The van der Waals surface area contributed by atoms with Crippen LogP contribution in [-0.4, -0.2) is 40.4 Å². The van der Waals surface area contributed by atoms with Crippen LogP contribution < -0.4 is 4.74 Å². The normalized spacial score (nSPS) is 20.3. The fraction of sp³-hybridized carbons (Fsp3) is 0.480. The first kappa shape index (κ1) is 24.9. The Morgan fingerprint density at radius 1 is 1.09 bits per heavy atom. The summed E-state index contributed by atoms with van der Waals surface area (Å²) in [5, 5.41) is 10.3. The standard InChI is InChI=1S/C25H30F3NO4/c1-24(2,3)33-23(31)29-14-13-20(30)15-19(29)16-22(17-7-5-4-6-8-17)32-21-11-9-18(10-12-21)25(26,27)28/h4-12,19-20,22,30H,13-16H2,1-3H3/t19-,20+,22+/m1/s1. The number of benzene rings is 2. The first-order chi connectivity index (χ1) is 15.4. The highest BCUT2D eigenvalue weighted by Crippen LogP contribution is 2.34. The van der Waals surface area contributed by atoms with E-state index in [1.165, 1.54) is 12.1 Å². The molecule has 0 radical (unpaired) electrons. The lowest BCUT2D eigenvalue weighted by atomic mass is 9.92. The second kappa shape index (κ2) is 10.0. The lowest BCUT2D eigenvalue weighted by Gasteiger charge is -2.40. The lowest BCUT2D eigenvalue weighted by molar-refractivity contribution is -0.137. The third-order valence-corrected chi connectivity index (χ3v) is 5.43. The summed E-state index contributed by atoms with van der Waals surface area (Å²) in [6.07, 6.45) is -4.82. The fourth-order valence-electron chi connectivity index (χ4n) is 3.87. The van der Waals surface area contributed by atoms with E-state index in [4.69, 9.17) is 9.47 Å². The van der Waals surface area contributed by atoms with Crippen LogP contribution in [0.2, 0.25) is 0 Å². The number of amides is 1. The van der Waals surface area contributed by atoms with Gasteiger partial charge in [0.05, 0.1) is 11.7 Å². The average Bonchev–Trinajstić information content (AvgIpc) is 2.72. The molecule has 0 unspecified atom stereocenters. The van der Waals surface area contributed by atoms with Gasteiger partial charge in [0.2, 0.25) is 0 Å². The first-order valence-electron chi connectivity index (χ1n) is 11.0. The molecule has 33 heavy (non-hydrogen) atoms. The van der Waals surface area contributed by atoms with E-state index in [1.54, 1.807) is 25.7 Å². The highest BCUT2D eigenvalue weighted by Gasteiger charge is 2.36. The van der Waals surface area contributed by atoms with Crippen molar-refractivity contribution in [3.8, 4) is 5.75 Å². The van der Waals surface area contributed by atoms with Crippen LogP contribution in [0.3, 0.4) is 0 Å². The molecule has 3 atom stereocenters. The minimum Gasteiger partial charge on any atom is -0.486 e. The third kappa shape index (κ3) is 7.12. The Balaban J connectivity index is 1.83. The van der Waals surface area contributed by atoms with Crippen molar-refractivity contribution in [3.05, 3.63) is 65.7 Å². The molecule has 8 heteroatoms. The molecular formula is C25H30F3NO4. The molecular weight excluding hydrogens is 435 g/mol. The Kier molecular flexibility index (Phi) is 7.57. The van der Waals surface area contributed by atoms with Crippen molar-refractivity contribution in [1.29, 1.82) is 0 Å². The number of alkyl halides is 3. The number of nitrogens with zero attached hydrogens (tertiary/aromatic N) is 1. The smallest absolute Gasteiger partial charge is 0.416 e. The number of piperidine rings is 1. The van der Waals surface area contributed by atoms with Gasteiger partial charge in [0, 0.05) is 19.0 Å². The van der Waals surface area contributed by atoms with E-state index in [0.717, 1.165) is 17.7 Å². The number of carbonyl (C=O) groups is 1. The van der Waals surface area contributed by atoms with Gasteiger partial charge in [-0.05, 0) is 63.4 Å². The molecule has 1 N–H and O–H groups in total. The molecule has 3 rings (SSSR count). The van der Waals surface area contributed by atoms with Gasteiger partial charge < -0.3 is 19.5 Å². The van der Waals surface area contributed by atoms with Gasteiger partial charge in [0.15, 0.2) is 0 Å². The number of aliphatic hydroxyl groups is 1. The Morgan fingerprint density at radius 2 is 1.73 bits per heavy atom. The van der Waals surface area contributed by atoms with Gasteiger partial charge in [0.25, 0.3) is 0 Å². The summed E-state index contributed by atoms with van der Waals surface area (Å²) in [5.74, 6) is 0.289. The van der Waals surface area contributed by atoms with Crippen molar-refractivity contribution in [1.82, 2.24) is 4.90 Å². The number of aliphatic hydroxyl groups excluding tert-OH is 1. The zero-order valence-electron chi connectivity index (χ0n) is 19.0. The van der Waals surface area contributed by atoms with Crippen molar-refractivity contribution < 1.29 is 32.5 Å². The molecule has 0 saturated carbocycles. The molecule has 2 aromatic carbocycles. The molecule has 1 aliphatic rings. The van der Waals surface area contributed by atoms with Crippen LogP contribution in [0.1, 0.15) is 57.3 Å². The molecule has 0 aromatic heterocycles. The van der Waals surface area contributed by atoms with Crippen LogP contribution in [0.25, 0.3) is 0 Å². The maximum atomic E-state index is 12.9. The van der Waals surface area contributed by atoms with Gasteiger partial charge in [-0.2, -0.15) is 13.2 Å². The van der Waals surface area contributed by atoms with Gasteiger partial charge in [0.1, 0.15) is 17.5 Å². The van der Waals surface area contributed by atoms with Crippen LogP contribution in [0.15, 0.2) is 54.6 Å². The summed E-state index contributed by atoms with van der Waals surface area (Å²) >= 11 is 0. The van der Waals surface area contributed by atoms with Crippen molar-refractivity contribution in [2.45, 2.75) is 70.1 Å². The summed E-state index contributed by atoms with van der Waals surface area (Å²) in [6, 6.07) is 13.5. The molecule has 1 heterocycles. The first-order valence-corrected chi connectivity index (χ1v) is 11.0. The maximum Gasteiger partial charge on any atom is 0.416 e. The molecule has 1 amide bonds. The van der Waals surface area contributed by atoms with Crippen LogP contribution >= 0.6 is 0 Å². The van der Waals surface area contributed by atoms with Gasteiger partial charge in [-0.15, -0.1) is 0 Å². The van der Waals surface area contributed by atoms with E-state index in [2.05, 4.69) is 0 Å². The van der Waals surface area contributed by atoms with Crippen LogP contribution in [0.5, 0.6) is 5.75 Å². The Morgan fingerprint density at radius 3 is 2.30 bits per heavy atom. The minimum atomic E-state index is -4.43. The number of rotatable bonds is 5. The van der Waals surface area contributed by atoms with E-state index in [1.807, 2.05) is 30.3 Å². The zero-order valence-corrected chi connectivity index (χ0v) is 19.0. The molecule has 2 aromatic rings. The second-order valence-electron chi connectivity index (χ2n) is 9.28. The predicted octanol–water partition coefficient (Wildman–Crippen LogP) is 5.98. The molecule has 1 aliphatic heterocycles.